The van der Waals surface area contributed by atoms with Gasteiger partial charge in [0.1, 0.15) is 5.75 Å². The molecular formula is C25H18Cl2N2O4S. The molecule has 34 heavy (non-hydrogen) atoms. The van der Waals surface area contributed by atoms with Crippen LogP contribution in [0.2, 0.25) is 10.0 Å². The van der Waals surface area contributed by atoms with E-state index >= 15 is 0 Å². The average Bonchev–Trinajstić information content (AvgIpc) is 3.08. The van der Waals surface area contributed by atoms with Crippen molar-refractivity contribution in [2.24, 2.45) is 0 Å². The van der Waals surface area contributed by atoms with Gasteiger partial charge >= 0.3 is 0 Å². The molecule has 6 nitrogen and oxygen atoms in total. The highest BCUT2D eigenvalue weighted by Crippen LogP contribution is 2.34. The molecule has 0 aromatic heterocycles. The summed E-state index contributed by atoms with van der Waals surface area (Å²) in [5.74, 6) is -0.307. The van der Waals surface area contributed by atoms with Gasteiger partial charge in [0.15, 0.2) is 6.61 Å². The molecule has 1 fully saturated rings. The first kappa shape index (κ1) is 23.9. The van der Waals surface area contributed by atoms with Gasteiger partial charge in [-0.05, 0) is 59.3 Å². The van der Waals surface area contributed by atoms with E-state index in [2.05, 4.69) is 5.32 Å². The van der Waals surface area contributed by atoms with E-state index in [1.165, 1.54) is 0 Å². The highest BCUT2D eigenvalue weighted by molar-refractivity contribution is 8.18. The number of carbonyl (C=O) groups is 3. The number of nitrogens with zero attached hydrogens (tertiary/aromatic N) is 1. The lowest BCUT2D eigenvalue weighted by Crippen LogP contribution is -2.27. The van der Waals surface area contributed by atoms with Gasteiger partial charge in [-0.15, -0.1) is 0 Å². The van der Waals surface area contributed by atoms with Crippen molar-refractivity contribution in [1.29, 1.82) is 0 Å². The highest BCUT2D eigenvalue weighted by Gasteiger charge is 2.35. The zero-order valence-corrected chi connectivity index (χ0v) is 20.0. The number of ether oxygens (including phenoxy) is 1. The average molecular weight is 513 g/mol. The maximum Gasteiger partial charge on any atom is 0.293 e. The first-order valence-corrected chi connectivity index (χ1v) is 11.7. The number of amides is 3. The summed E-state index contributed by atoms with van der Waals surface area (Å²) < 4.78 is 5.58. The number of rotatable bonds is 7. The van der Waals surface area contributed by atoms with Crippen LogP contribution in [0.15, 0.2) is 77.7 Å². The molecule has 1 heterocycles. The summed E-state index contributed by atoms with van der Waals surface area (Å²) in [5, 5.41) is 3.25. The van der Waals surface area contributed by atoms with E-state index in [4.69, 9.17) is 27.9 Å². The van der Waals surface area contributed by atoms with Gasteiger partial charge in [0, 0.05) is 5.02 Å². The third kappa shape index (κ3) is 5.80. The largest absolute Gasteiger partial charge is 0.484 e. The molecule has 4 rings (SSSR count). The summed E-state index contributed by atoms with van der Waals surface area (Å²) in [6.07, 6.45) is 1.62. The third-order valence-corrected chi connectivity index (χ3v) is 6.44. The molecular weight excluding hydrogens is 495 g/mol. The van der Waals surface area contributed by atoms with Crippen LogP contribution < -0.4 is 10.1 Å². The van der Waals surface area contributed by atoms with Crippen molar-refractivity contribution in [3.8, 4) is 5.75 Å². The minimum absolute atomic E-state index is 0.103. The smallest absolute Gasteiger partial charge is 0.293 e. The Morgan fingerprint density at radius 2 is 1.71 bits per heavy atom. The van der Waals surface area contributed by atoms with E-state index in [0.29, 0.717) is 37.5 Å². The maximum absolute atomic E-state index is 12.8. The predicted molar refractivity (Wildman–Crippen MR) is 135 cm³/mol. The SMILES string of the molecule is O=C(COc1cccc(/C=C2\SC(=O)N(Cc3ccccc3Cl)C2=O)c1)Nc1ccccc1Cl. The van der Waals surface area contributed by atoms with E-state index in [0.717, 1.165) is 16.7 Å². The van der Waals surface area contributed by atoms with E-state index in [1.807, 2.05) is 0 Å². The number of hydrogen-bond acceptors (Lipinski definition) is 5. The summed E-state index contributed by atoms with van der Waals surface area (Å²) in [4.78, 5) is 38.9. The second kappa shape index (κ2) is 10.8. The molecule has 3 aromatic carbocycles. The van der Waals surface area contributed by atoms with Crippen LogP contribution in [-0.4, -0.2) is 28.6 Å². The molecule has 1 saturated heterocycles. The van der Waals surface area contributed by atoms with Gasteiger partial charge in [0.25, 0.3) is 17.1 Å². The second-order valence-electron chi connectivity index (χ2n) is 7.25. The monoisotopic (exact) mass is 512 g/mol. The molecule has 0 aliphatic carbocycles. The fourth-order valence-electron chi connectivity index (χ4n) is 3.18. The number of para-hydroxylation sites is 1. The van der Waals surface area contributed by atoms with Crippen LogP contribution in [0.3, 0.4) is 0 Å². The number of halogens is 2. The predicted octanol–water partition coefficient (Wildman–Crippen LogP) is 6.25. The highest BCUT2D eigenvalue weighted by atomic mass is 35.5. The molecule has 1 aliphatic heterocycles. The van der Waals surface area contributed by atoms with Crippen LogP contribution in [0.1, 0.15) is 11.1 Å². The van der Waals surface area contributed by atoms with Crippen molar-refractivity contribution in [3.05, 3.63) is 98.9 Å². The Morgan fingerprint density at radius 3 is 2.47 bits per heavy atom. The standard InChI is InChI=1S/C25H18Cl2N2O4S/c26-19-9-2-1-7-17(19)14-29-24(31)22(34-25(29)32)13-16-6-5-8-18(12-16)33-15-23(30)28-21-11-4-3-10-20(21)27/h1-13H,14-15H2,(H,28,30)/b22-13-. The summed E-state index contributed by atoms with van der Waals surface area (Å²) in [7, 11) is 0. The van der Waals surface area contributed by atoms with E-state index in [1.54, 1.807) is 78.9 Å². The van der Waals surface area contributed by atoms with Gasteiger partial charge in [-0.25, -0.2) is 0 Å². The molecule has 3 amide bonds. The van der Waals surface area contributed by atoms with E-state index in [-0.39, 0.29) is 30.2 Å². The van der Waals surface area contributed by atoms with Crippen molar-refractivity contribution in [2.45, 2.75) is 6.54 Å². The second-order valence-corrected chi connectivity index (χ2v) is 9.06. The Kier molecular flexibility index (Phi) is 7.57. The van der Waals surface area contributed by atoms with E-state index in [9.17, 15) is 14.4 Å². The Bertz CT molecular complexity index is 1300. The van der Waals surface area contributed by atoms with Crippen molar-refractivity contribution >= 4 is 63.8 Å². The van der Waals surface area contributed by atoms with Gasteiger partial charge < -0.3 is 10.1 Å². The zero-order valence-electron chi connectivity index (χ0n) is 17.7. The third-order valence-electron chi connectivity index (χ3n) is 4.83. The van der Waals surface area contributed by atoms with Crippen LogP contribution in [0.5, 0.6) is 5.75 Å². The molecule has 0 unspecified atom stereocenters. The maximum atomic E-state index is 12.8. The lowest BCUT2D eigenvalue weighted by molar-refractivity contribution is -0.123. The topological polar surface area (TPSA) is 75.7 Å². The van der Waals surface area contributed by atoms with Crippen molar-refractivity contribution in [2.75, 3.05) is 11.9 Å². The first-order valence-electron chi connectivity index (χ1n) is 10.2. The number of anilines is 1. The minimum Gasteiger partial charge on any atom is -0.484 e. The Balaban J connectivity index is 1.40. The lowest BCUT2D eigenvalue weighted by atomic mass is 10.2. The minimum atomic E-state index is -0.389. The van der Waals surface area contributed by atoms with E-state index < -0.39 is 0 Å². The number of carbonyl (C=O) groups excluding carboxylic acids is 3. The molecule has 3 aromatic rings. The molecule has 0 saturated carbocycles. The number of hydrogen-bond donors (Lipinski definition) is 1. The van der Waals surface area contributed by atoms with Gasteiger partial charge in [0.2, 0.25) is 0 Å². The summed E-state index contributed by atoms with van der Waals surface area (Å²) in [5.41, 5.74) is 1.85. The molecule has 1 N–H and O–H groups in total. The molecule has 1 aliphatic rings. The number of nitrogens with one attached hydrogen (secondary N) is 1. The number of thioether (sulfide) groups is 1. The van der Waals surface area contributed by atoms with Crippen LogP contribution in [-0.2, 0) is 16.1 Å². The van der Waals surface area contributed by atoms with Crippen LogP contribution in [0.4, 0.5) is 10.5 Å². The molecule has 0 spiro atoms. The van der Waals surface area contributed by atoms with Gasteiger partial charge in [-0.3, -0.25) is 19.3 Å². The quantitative estimate of drug-likeness (QED) is 0.378. The Morgan fingerprint density at radius 1 is 0.971 bits per heavy atom. The first-order chi connectivity index (χ1) is 16.4. The molecule has 9 heteroatoms. The van der Waals surface area contributed by atoms with Crippen molar-refractivity contribution < 1.29 is 19.1 Å². The Hall–Kier alpha value is -3.26. The van der Waals surface area contributed by atoms with Gasteiger partial charge in [-0.2, -0.15) is 0 Å². The van der Waals surface area contributed by atoms with Crippen molar-refractivity contribution in [3.63, 3.8) is 0 Å². The van der Waals surface area contributed by atoms with Crippen LogP contribution in [0.25, 0.3) is 6.08 Å². The number of imide groups is 1. The summed E-state index contributed by atoms with van der Waals surface area (Å²) >= 11 is 13.1. The van der Waals surface area contributed by atoms with Crippen molar-refractivity contribution in [1.82, 2.24) is 4.90 Å². The summed E-state index contributed by atoms with van der Waals surface area (Å²) in [6.45, 7) is -0.117. The molecule has 172 valence electrons. The van der Waals surface area contributed by atoms with Gasteiger partial charge in [-0.1, -0.05) is 65.7 Å². The fraction of sp³-hybridized carbons (Fsp3) is 0.0800. The summed E-state index contributed by atoms with van der Waals surface area (Å²) in [6, 6.07) is 20.9. The Labute approximate surface area is 210 Å². The number of benzene rings is 3. The zero-order chi connectivity index (χ0) is 24.1. The molecule has 0 bridgehead atoms. The lowest BCUT2D eigenvalue weighted by Gasteiger charge is -2.13. The molecule has 0 atom stereocenters. The van der Waals surface area contributed by atoms with Crippen LogP contribution in [0, 0.1) is 0 Å². The normalized spacial score (nSPS) is 14.5. The van der Waals surface area contributed by atoms with Crippen LogP contribution >= 0.6 is 35.0 Å². The molecule has 0 radical (unpaired) electrons. The van der Waals surface area contributed by atoms with Gasteiger partial charge in [0.05, 0.1) is 22.2 Å². The fourth-order valence-corrected chi connectivity index (χ4v) is 4.39.